The van der Waals surface area contributed by atoms with Crippen LogP contribution in [0.2, 0.25) is 0 Å². The predicted octanol–water partition coefficient (Wildman–Crippen LogP) is 1.38. The average Bonchev–Trinajstić information content (AvgIpc) is 2.20. The van der Waals surface area contributed by atoms with Gasteiger partial charge in [0.1, 0.15) is 0 Å². The summed E-state index contributed by atoms with van der Waals surface area (Å²) in [6.45, 7) is 4.72. The summed E-state index contributed by atoms with van der Waals surface area (Å²) in [7, 11) is 0. The van der Waals surface area contributed by atoms with E-state index in [1.165, 1.54) is 12.8 Å². The van der Waals surface area contributed by atoms with Crippen LogP contribution in [0.5, 0.6) is 0 Å². The standard InChI is InChI=1S/C8H15N/c1-8(2)5-3-6(8)7(9)4-5/h5-7H,3-4,9H2,1-2H3/t5-,6+,7+/m1/s1. The van der Waals surface area contributed by atoms with E-state index in [2.05, 4.69) is 13.8 Å². The quantitative estimate of drug-likeness (QED) is 0.520. The van der Waals surface area contributed by atoms with Gasteiger partial charge in [0.25, 0.3) is 0 Å². The Morgan fingerprint density at radius 2 is 2.00 bits per heavy atom. The Morgan fingerprint density at radius 3 is 2.11 bits per heavy atom. The van der Waals surface area contributed by atoms with Gasteiger partial charge >= 0.3 is 0 Å². The fourth-order valence-corrected chi connectivity index (χ4v) is 2.68. The Balaban J connectivity index is 2.22. The lowest BCUT2D eigenvalue weighted by Crippen LogP contribution is -2.41. The van der Waals surface area contributed by atoms with Crippen molar-refractivity contribution in [1.82, 2.24) is 0 Å². The fraction of sp³-hybridized carbons (Fsp3) is 1.00. The maximum Gasteiger partial charge on any atom is 0.00753 e. The molecule has 0 aromatic heterocycles. The van der Waals surface area contributed by atoms with E-state index in [0.29, 0.717) is 11.5 Å². The third kappa shape index (κ3) is 0.493. The van der Waals surface area contributed by atoms with Gasteiger partial charge in [0.15, 0.2) is 0 Å². The van der Waals surface area contributed by atoms with Crippen molar-refractivity contribution in [1.29, 1.82) is 0 Å². The highest BCUT2D eigenvalue weighted by Gasteiger charge is 2.56. The van der Waals surface area contributed by atoms with Crippen LogP contribution < -0.4 is 5.73 Å². The SMILES string of the molecule is CC1(C)[C@H]2C[C@H](N)[C@@H]1C2. The van der Waals surface area contributed by atoms with Crippen LogP contribution in [0.15, 0.2) is 0 Å². The average molecular weight is 125 g/mol. The van der Waals surface area contributed by atoms with Gasteiger partial charge in [-0.3, -0.25) is 0 Å². The van der Waals surface area contributed by atoms with Gasteiger partial charge in [-0.15, -0.1) is 0 Å². The minimum absolute atomic E-state index is 0.532. The molecule has 0 saturated heterocycles. The molecule has 3 atom stereocenters. The van der Waals surface area contributed by atoms with E-state index in [1.54, 1.807) is 0 Å². The van der Waals surface area contributed by atoms with Crippen molar-refractivity contribution in [3.63, 3.8) is 0 Å². The maximum absolute atomic E-state index is 5.90. The predicted molar refractivity (Wildman–Crippen MR) is 38.0 cm³/mol. The summed E-state index contributed by atoms with van der Waals surface area (Å²) in [5, 5.41) is 0. The minimum Gasteiger partial charge on any atom is -0.327 e. The van der Waals surface area contributed by atoms with E-state index in [1.807, 2.05) is 0 Å². The van der Waals surface area contributed by atoms with E-state index < -0.39 is 0 Å². The molecule has 0 amide bonds. The summed E-state index contributed by atoms with van der Waals surface area (Å²) < 4.78 is 0. The van der Waals surface area contributed by atoms with Gasteiger partial charge in [-0.1, -0.05) is 13.8 Å². The molecule has 0 aliphatic heterocycles. The van der Waals surface area contributed by atoms with Crippen molar-refractivity contribution >= 4 is 0 Å². The molecule has 3 fully saturated rings. The van der Waals surface area contributed by atoms with Crippen molar-refractivity contribution in [2.24, 2.45) is 23.0 Å². The number of fused-ring (bicyclic) bond motifs is 1. The van der Waals surface area contributed by atoms with Crippen LogP contribution in [-0.4, -0.2) is 6.04 Å². The molecule has 52 valence electrons. The Hall–Kier alpha value is -0.0400. The van der Waals surface area contributed by atoms with E-state index >= 15 is 0 Å². The molecule has 9 heavy (non-hydrogen) atoms. The lowest BCUT2D eigenvalue weighted by atomic mass is 9.61. The summed E-state index contributed by atoms with van der Waals surface area (Å²) in [6, 6.07) is 0.532. The molecule has 0 unspecified atom stereocenters. The molecule has 0 aromatic rings. The van der Waals surface area contributed by atoms with Crippen LogP contribution in [-0.2, 0) is 0 Å². The molecule has 1 nitrogen and oxygen atoms in total. The number of hydrogen-bond acceptors (Lipinski definition) is 1. The molecule has 3 saturated carbocycles. The highest BCUT2D eigenvalue weighted by molar-refractivity contribution is 5.08. The zero-order valence-corrected chi connectivity index (χ0v) is 6.22. The van der Waals surface area contributed by atoms with Gasteiger partial charge in [0, 0.05) is 6.04 Å². The normalized spacial score (nSPS) is 53.0. The van der Waals surface area contributed by atoms with Crippen molar-refractivity contribution in [3.05, 3.63) is 0 Å². The zero-order chi connectivity index (χ0) is 6.65. The zero-order valence-electron chi connectivity index (χ0n) is 6.22. The third-order valence-corrected chi connectivity index (χ3v) is 3.62. The molecular formula is C8H15N. The fourth-order valence-electron chi connectivity index (χ4n) is 2.68. The highest BCUT2D eigenvalue weighted by Crippen LogP contribution is 2.61. The van der Waals surface area contributed by atoms with Gasteiger partial charge < -0.3 is 5.73 Å². The van der Waals surface area contributed by atoms with Crippen molar-refractivity contribution in [3.8, 4) is 0 Å². The second kappa shape index (κ2) is 1.34. The molecule has 3 aliphatic carbocycles. The van der Waals surface area contributed by atoms with Crippen LogP contribution in [0, 0.1) is 17.3 Å². The third-order valence-electron chi connectivity index (χ3n) is 3.62. The Labute approximate surface area is 56.6 Å². The second-order valence-corrected chi connectivity index (χ2v) is 4.26. The summed E-state index contributed by atoms with van der Waals surface area (Å²) in [5.41, 5.74) is 6.49. The topological polar surface area (TPSA) is 26.0 Å². The molecule has 1 heteroatoms. The molecule has 2 bridgehead atoms. The van der Waals surface area contributed by atoms with Crippen LogP contribution in [0.4, 0.5) is 0 Å². The van der Waals surface area contributed by atoms with Crippen LogP contribution >= 0.6 is 0 Å². The molecule has 0 aromatic carbocycles. The summed E-state index contributed by atoms with van der Waals surface area (Å²) in [6.07, 6.45) is 2.70. The van der Waals surface area contributed by atoms with Gasteiger partial charge in [-0.2, -0.15) is 0 Å². The number of hydrogen-bond donors (Lipinski definition) is 1. The van der Waals surface area contributed by atoms with Gasteiger partial charge in [0.05, 0.1) is 0 Å². The van der Waals surface area contributed by atoms with E-state index in [0.717, 1.165) is 11.8 Å². The molecule has 0 radical (unpaired) electrons. The molecule has 0 heterocycles. The molecule has 3 rings (SSSR count). The van der Waals surface area contributed by atoms with E-state index in [4.69, 9.17) is 5.73 Å². The molecule has 2 N–H and O–H groups in total. The Morgan fingerprint density at radius 1 is 1.33 bits per heavy atom. The number of nitrogens with two attached hydrogens (primary N) is 1. The summed E-state index contributed by atoms with van der Waals surface area (Å²) in [5.74, 6) is 1.81. The molecule has 3 aliphatic rings. The highest BCUT2D eigenvalue weighted by atomic mass is 14.8. The van der Waals surface area contributed by atoms with E-state index in [-0.39, 0.29) is 0 Å². The van der Waals surface area contributed by atoms with Crippen molar-refractivity contribution < 1.29 is 0 Å². The van der Waals surface area contributed by atoms with Crippen molar-refractivity contribution in [2.45, 2.75) is 32.7 Å². The van der Waals surface area contributed by atoms with Crippen LogP contribution in [0.3, 0.4) is 0 Å². The first kappa shape index (κ1) is 5.72. The summed E-state index contributed by atoms with van der Waals surface area (Å²) in [4.78, 5) is 0. The largest absolute Gasteiger partial charge is 0.327 e. The van der Waals surface area contributed by atoms with Crippen molar-refractivity contribution in [2.75, 3.05) is 0 Å². The summed E-state index contributed by atoms with van der Waals surface area (Å²) >= 11 is 0. The first-order chi connectivity index (χ1) is 4.12. The first-order valence-electron chi connectivity index (χ1n) is 3.88. The smallest absolute Gasteiger partial charge is 0.00753 e. The monoisotopic (exact) mass is 125 g/mol. The van der Waals surface area contributed by atoms with Gasteiger partial charge in [-0.25, -0.2) is 0 Å². The van der Waals surface area contributed by atoms with Gasteiger partial charge in [-0.05, 0) is 30.1 Å². The van der Waals surface area contributed by atoms with Gasteiger partial charge in [0.2, 0.25) is 0 Å². The van der Waals surface area contributed by atoms with Crippen LogP contribution in [0.1, 0.15) is 26.7 Å². The Bertz CT molecular complexity index is 140. The van der Waals surface area contributed by atoms with E-state index in [9.17, 15) is 0 Å². The Kier molecular flexibility index (Phi) is 0.852. The number of rotatable bonds is 0. The first-order valence-corrected chi connectivity index (χ1v) is 3.88. The molecular weight excluding hydrogens is 110 g/mol. The minimum atomic E-state index is 0.532. The second-order valence-electron chi connectivity index (χ2n) is 4.26. The molecule has 0 spiro atoms. The van der Waals surface area contributed by atoms with Crippen LogP contribution in [0.25, 0.3) is 0 Å². The lowest BCUT2D eigenvalue weighted by Gasteiger charge is -2.44. The maximum atomic E-state index is 5.90. The lowest BCUT2D eigenvalue weighted by molar-refractivity contribution is 0.0480.